The van der Waals surface area contributed by atoms with Crippen LogP contribution in [0.1, 0.15) is 33.1 Å². The summed E-state index contributed by atoms with van der Waals surface area (Å²) in [7, 11) is 0. The summed E-state index contributed by atoms with van der Waals surface area (Å²) in [4.78, 5) is 10.9. The Morgan fingerprint density at radius 2 is 1.88 bits per heavy atom. The predicted octanol–water partition coefficient (Wildman–Crippen LogP) is 3.99. The molecule has 1 atom stereocenters. The zero-order valence-electron chi connectivity index (χ0n) is 12.8. The fourth-order valence-electron chi connectivity index (χ4n) is 2.39. The molecule has 0 aromatic heterocycles. The third-order valence-electron chi connectivity index (χ3n) is 3.66. The van der Waals surface area contributed by atoms with Gasteiger partial charge in [-0.1, -0.05) is 40.2 Å². The van der Waals surface area contributed by atoms with E-state index in [1.54, 1.807) is 6.07 Å². The summed E-state index contributed by atoms with van der Waals surface area (Å²) in [5, 5.41) is 21.3. The van der Waals surface area contributed by atoms with Crippen LogP contribution in [0.5, 0.6) is 0 Å². The van der Waals surface area contributed by atoms with Crippen LogP contribution < -0.4 is 5.32 Å². The summed E-state index contributed by atoms with van der Waals surface area (Å²) < 4.78 is 39.9. The third-order valence-corrected chi connectivity index (χ3v) is 4.40. The van der Waals surface area contributed by atoms with E-state index in [0.717, 1.165) is 6.07 Å². The van der Waals surface area contributed by atoms with Gasteiger partial charge in [-0.15, -0.1) is 0 Å². The second kappa shape index (κ2) is 7.99. The summed E-state index contributed by atoms with van der Waals surface area (Å²) in [5.74, 6) is -1.08. The zero-order chi connectivity index (χ0) is 18.6. The van der Waals surface area contributed by atoms with Crippen molar-refractivity contribution in [2.24, 2.45) is 0 Å². The van der Waals surface area contributed by atoms with Crippen molar-refractivity contribution >= 4 is 21.9 Å². The number of halogens is 4. The van der Waals surface area contributed by atoms with Gasteiger partial charge in [0.05, 0.1) is 23.8 Å². The maximum absolute atomic E-state index is 13.1. The number of hydrogen-bond donors (Lipinski definition) is 3. The fourth-order valence-corrected chi connectivity index (χ4v) is 2.91. The highest BCUT2D eigenvalue weighted by Gasteiger charge is 2.34. The largest absolute Gasteiger partial charge is 0.478 e. The van der Waals surface area contributed by atoms with E-state index in [9.17, 15) is 23.1 Å². The Morgan fingerprint density at radius 3 is 2.44 bits per heavy atom. The number of benzene rings is 2. The molecular weight excluding hydrogens is 403 g/mol. The molecule has 2 aromatic rings. The number of nitrogens with one attached hydrogen (secondary N) is 1. The number of carbonyl (C=O) groups is 1. The normalized spacial score (nSPS) is 12.8. The van der Waals surface area contributed by atoms with Crippen molar-refractivity contribution in [2.75, 3.05) is 6.61 Å². The van der Waals surface area contributed by atoms with Crippen molar-refractivity contribution in [1.29, 1.82) is 0 Å². The minimum atomic E-state index is -4.52. The van der Waals surface area contributed by atoms with Crippen molar-refractivity contribution in [2.45, 2.75) is 18.8 Å². The summed E-state index contributed by atoms with van der Waals surface area (Å²) in [6, 6.07) is 8.53. The van der Waals surface area contributed by atoms with Gasteiger partial charge < -0.3 is 15.5 Å². The van der Waals surface area contributed by atoms with Crippen LogP contribution in [0, 0.1) is 0 Å². The molecule has 0 saturated carbocycles. The van der Waals surface area contributed by atoms with Gasteiger partial charge in [0.1, 0.15) is 0 Å². The van der Waals surface area contributed by atoms with Gasteiger partial charge in [-0.05, 0) is 29.3 Å². The van der Waals surface area contributed by atoms with Gasteiger partial charge in [0.15, 0.2) is 0 Å². The standard InChI is InChI=1S/C17H15BrF3NO3/c18-14-7-10(16(24)25)5-6-11(14)8-22-15(9-23)12-3-1-2-4-13(12)17(19,20)21/h1-7,15,22-23H,8-9H2,(H,24,25). The Labute approximate surface area is 150 Å². The zero-order valence-corrected chi connectivity index (χ0v) is 14.4. The molecule has 1 unspecified atom stereocenters. The Bertz CT molecular complexity index is 765. The number of aliphatic hydroxyl groups is 1. The maximum Gasteiger partial charge on any atom is 0.416 e. The first-order chi connectivity index (χ1) is 11.7. The summed E-state index contributed by atoms with van der Waals surface area (Å²) >= 11 is 3.24. The molecular formula is C17H15BrF3NO3. The van der Waals surface area contributed by atoms with E-state index in [2.05, 4.69) is 21.2 Å². The van der Waals surface area contributed by atoms with Gasteiger partial charge in [-0.25, -0.2) is 4.79 Å². The molecule has 8 heteroatoms. The molecule has 2 rings (SSSR count). The molecule has 0 aliphatic carbocycles. The van der Waals surface area contributed by atoms with E-state index in [1.807, 2.05) is 0 Å². The Morgan fingerprint density at radius 1 is 1.20 bits per heavy atom. The molecule has 0 aliphatic rings. The van der Waals surface area contributed by atoms with Gasteiger partial charge >= 0.3 is 12.1 Å². The second-order valence-corrected chi connectivity index (χ2v) is 6.17. The van der Waals surface area contributed by atoms with E-state index in [0.29, 0.717) is 10.0 Å². The van der Waals surface area contributed by atoms with E-state index in [-0.39, 0.29) is 17.7 Å². The van der Waals surface area contributed by atoms with Crippen molar-refractivity contribution in [3.63, 3.8) is 0 Å². The summed E-state index contributed by atoms with van der Waals surface area (Å²) in [6.45, 7) is -0.365. The molecule has 0 radical (unpaired) electrons. The van der Waals surface area contributed by atoms with E-state index < -0.39 is 30.4 Å². The molecule has 0 spiro atoms. The van der Waals surface area contributed by atoms with Crippen LogP contribution in [0.3, 0.4) is 0 Å². The lowest BCUT2D eigenvalue weighted by Gasteiger charge is -2.21. The predicted molar refractivity (Wildman–Crippen MR) is 89.2 cm³/mol. The lowest BCUT2D eigenvalue weighted by Crippen LogP contribution is -2.26. The van der Waals surface area contributed by atoms with Crippen LogP contribution in [0.2, 0.25) is 0 Å². The molecule has 0 saturated heterocycles. The van der Waals surface area contributed by atoms with Gasteiger partial charge in [0.25, 0.3) is 0 Å². The Kier molecular flexibility index (Phi) is 6.21. The molecule has 25 heavy (non-hydrogen) atoms. The molecule has 4 nitrogen and oxygen atoms in total. The summed E-state index contributed by atoms with van der Waals surface area (Å²) in [6.07, 6.45) is -4.52. The first-order valence-electron chi connectivity index (χ1n) is 7.26. The van der Waals surface area contributed by atoms with Gasteiger partial charge in [-0.2, -0.15) is 13.2 Å². The number of aliphatic hydroxyl groups excluding tert-OH is 1. The van der Waals surface area contributed by atoms with Crippen LogP contribution in [0.4, 0.5) is 13.2 Å². The first kappa shape index (κ1) is 19.4. The number of carboxylic acids is 1. The van der Waals surface area contributed by atoms with Crippen molar-refractivity contribution in [3.8, 4) is 0 Å². The average Bonchev–Trinajstić information content (AvgIpc) is 2.56. The number of hydrogen-bond acceptors (Lipinski definition) is 3. The van der Waals surface area contributed by atoms with Crippen LogP contribution in [0.25, 0.3) is 0 Å². The average molecular weight is 418 g/mol. The van der Waals surface area contributed by atoms with Crippen molar-refractivity contribution < 1.29 is 28.2 Å². The van der Waals surface area contributed by atoms with Crippen LogP contribution in [-0.2, 0) is 12.7 Å². The maximum atomic E-state index is 13.1. The number of aromatic carboxylic acids is 1. The highest BCUT2D eigenvalue weighted by Crippen LogP contribution is 2.34. The van der Waals surface area contributed by atoms with Crippen LogP contribution in [0.15, 0.2) is 46.9 Å². The Balaban J connectivity index is 2.21. The highest BCUT2D eigenvalue weighted by molar-refractivity contribution is 9.10. The molecule has 0 heterocycles. The molecule has 134 valence electrons. The van der Waals surface area contributed by atoms with Crippen molar-refractivity contribution in [3.05, 3.63) is 69.2 Å². The minimum absolute atomic E-state index is 0.0456. The smallest absolute Gasteiger partial charge is 0.416 e. The topological polar surface area (TPSA) is 69.6 Å². The van der Waals surface area contributed by atoms with E-state index >= 15 is 0 Å². The van der Waals surface area contributed by atoms with Crippen LogP contribution in [-0.4, -0.2) is 22.8 Å². The first-order valence-corrected chi connectivity index (χ1v) is 8.05. The fraction of sp³-hybridized carbons (Fsp3) is 0.235. The van der Waals surface area contributed by atoms with Gasteiger partial charge in [0, 0.05) is 11.0 Å². The van der Waals surface area contributed by atoms with Gasteiger partial charge in [0.2, 0.25) is 0 Å². The second-order valence-electron chi connectivity index (χ2n) is 5.31. The van der Waals surface area contributed by atoms with Crippen LogP contribution >= 0.6 is 15.9 Å². The van der Waals surface area contributed by atoms with E-state index in [4.69, 9.17) is 5.11 Å². The molecule has 0 aliphatic heterocycles. The number of alkyl halides is 3. The van der Waals surface area contributed by atoms with Crippen molar-refractivity contribution in [1.82, 2.24) is 5.32 Å². The van der Waals surface area contributed by atoms with E-state index in [1.165, 1.54) is 30.3 Å². The molecule has 3 N–H and O–H groups in total. The number of carboxylic acid groups (broad SMARTS) is 1. The summed E-state index contributed by atoms with van der Waals surface area (Å²) in [5.41, 5.74) is -0.0951. The molecule has 0 fully saturated rings. The quantitative estimate of drug-likeness (QED) is 0.664. The molecule has 0 bridgehead atoms. The van der Waals surface area contributed by atoms with Gasteiger partial charge in [-0.3, -0.25) is 0 Å². The molecule has 0 amide bonds. The monoisotopic (exact) mass is 417 g/mol. The lowest BCUT2D eigenvalue weighted by molar-refractivity contribution is -0.138. The lowest BCUT2D eigenvalue weighted by atomic mass is 10.00. The highest BCUT2D eigenvalue weighted by atomic mass is 79.9. The molecule has 2 aromatic carbocycles. The minimum Gasteiger partial charge on any atom is -0.478 e. The Hall–Kier alpha value is -1.90. The SMILES string of the molecule is O=C(O)c1ccc(CNC(CO)c2ccccc2C(F)(F)F)c(Br)c1. The third kappa shape index (κ3) is 4.81. The number of rotatable bonds is 6.